The number of carbonyl (C=O) groups is 1. The molecule has 19 heavy (non-hydrogen) atoms. The van der Waals surface area contributed by atoms with Crippen molar-refractivity contribution in [2.75, 3.05) is 0 Å². The Bertz CT molecular complexity index is 607. The zero-order valence-corrected chi connectivity index (χ0v) is 12.2. The summed E-state index contributed by atoms with van der Waals surface area (Å²) >= 11 is 3.29. The maximum Gasteiger partial charge on any atom is 0.194 e. The van der Waals surface area contributed by atoms with Crippen molar-refractivity contribution in [2.45, 2.75) is 19.8 Å². The zero-order chi connectivity index (χ0) is 13.8. The van der Waals surface area contributed by atoms with Gasteiger partial charge in [0, 0.05) is 15.6 Å². The van der Waals surface area contributed by atoms with Crippen molar-refractivity contribution < 1.29 is 9.18 Å². The molecule has 0 aliphatic heterocycles. The van der Waals surface area contributed by atoms with Crippen LogP contribution in [0, 0.1) is 5.82 Å². The number of rotatable bonds is 4. The highest BCUT2D eigenvalue weighted by molar-refractivity contribution is 9.10. The van der Waals surface area contributed by atoms with E-state index >= 15 is 0 Å². The molecule has 0 heterocycles. The Balaban J connectivity index is 2.38. The highest BCUT2D eigenvalue weighted by atomic mass is 79.9. The molecule has 0 saturated carbocycles. The average molecular weight is 321 g/mol. The lowest BCUT2D eigenvalue weighted by Gasteiger charge is -2.06. The predicted octanol–water partition coefficient (Wildman–Crippen LogP) is 4.77. The van der Waals surface area contributed by atoms with Crippen LogP contribution in [0.3, 0.4) is 0 Å². The van der Waals surface area contributed by atoms with Gasteiger partial charge in [0.25, 0.3) is 0 Å². The van der Waals surface area contributed by atoms with E-state index < -0.39 is 5.82 Å². The zero-order valence-electron chi connectivity index (χ0n) is 10.6. The Hall–Kier alpha value is -1.48. The van der Waals surface area contributed by atoms with Crippen LogP contribution < -0.4 is 0 Å². The van der Waals surface area contributed by atoms with Gasteiger partial charge in [-0.1, -0.05) is 47.5 Å². The summed E-state index contributed by atoms with van der Waals surface area (Å²) in [5, 5.41) is 0. The van der Waals surface area contributed by atoms with Crippen molar-refractivity contribution >= 4 is 21.7 Å². The van der Waals surface area contributed by atoms with Gasteiger partial charge in [0.1, 0.15) is 5.82 Å². The minimum atomic E-state index is -0.406. The van der Waals surface area contributed by atoms with Crippen molar-refractivity contribution in [3.8, 4) is 0 Å². The van der Waals surface area contributed by atoms with Gasteiger partial charge in [0.2, 0.25) is 0 Å². The van der Waals surface area contributed by atoms with E-state index in [1.54, 1.807) is 12.1 Å². The Labute approximate surface area is 120 Å². The van der Waals surface area contributed by atoms with E-state index in [0.717, 1.165) is 18.4 Å². The second kappa shape index (κ2) is 6.11. The van der Waals surface area contributed by atoms with E-state index in [1.807, 2.05) is 18.2 Å². The Morgan fingerprint density at radius 2 is 2.00 bits per heavy atom. The van der Waals surface area contributed by atoms with Gasteiger partial charge < -0.3 is 0 Å². The molecule has 3 heteroatoms. The standard InChI is InChI=1S/C16H14BrFO/c1-2-4-11-5-3-6-12(9-11)16(19)14-10-13(18)7-8-15(14)17/h3,5-10H,2,4H2,1H3. The maximum atomic E-state index is 13.3. The normalized spacial score (nSPS) is 10.5. The number of halogens is 2. The number of ketones is 1. The molecule has 0 bridgehead atoms. The summed E-state index contributed by atoms with van der Waals surface area (Å²) in [5.74, 6) is -0.569. The van der Waals surface area contributed by atoms with Gasteiger partial charge in [-0.05, 0) is 36.2 Å². The molecular formula is C16H14BrFO. The van der Waals surface area contributed by atoms with Crippen LogP contribution in [0.15, 0.2) is 46.9 Å². The molecule has 0 fully saturated rings. The number of benzene rings is 2. The van der Waals surface area contributed by atoms with Crippen LogP contribution in [0.5, 0.6) is 0 Å². The van der Waals surface area contributed by atoms with E-state index in [0.29, 0.717) is 15.6 Å². The van der Waals surface area contributed by atoms with Crippen LogP contribution in [0.4, 0.5) is 4.39 Å². The van der Waals surface area contributed by atoms with Crippen molar-refractivity contribution in [2.24, 2.45) is 0 Å². The fraction of sp³-hybridized carbons (Fsp3) is 0.188. The number of aryl methyl sites for hydroxylation is 1. The summed E-state index contributed by atoms with van der Waals surface area (Å²) < 4.78 is 13.9. The molecule has 2 aromatic carbocycles. The maximum absolute atomic E-state index is 13.3. The van der Waals surface area contributed by atoms with E-state index in [4.69, 9.17) is 0 Å². The predicted molar refractivity (Wildman–Crippen MR) is 78.0 cm³/mol. The average Bonchev–Trinajstić information content (AvgIpc) is 2.41. The lowest BCUT2D eigenvalue weighted by Crippen LogP contribution is -2.03. The van der Waals surface area contributed by atoms with Gasteiger partial charge in [-0.25, -0.2) is 4.39 Å². The van der Waals surface area contributed by atoms with Crippen LogP contribution >= 0.6 is 15.9 Å². The number of carbonyl (C=O) groups excluding carboxylic acids is 1. The van der Waals surface area contributed by atoms with Crippen LogP contribution in [-0.4, -0.2) is 5.78 Å². The Morgan fingerprint density at radius 1 is 1.21 bits per heavy atom. The molecule has 0 atom stereocenters. The molecule has 98 valence electrons. The van der Waals surface area contributed by atoms with Gasteiger partial charge in [-0.2, -0.15) is 0 Å². The molecule has 2 rings (SSSR count). The third kappa shape index (κ3) is 3.29. The molecular weight excluding hydrogens is 307 g/mol. The van der Waals surface area contributed by atoms with Crippen molar-refractivity contribution in [1.82, 2.24) is 0 Å². The third-order valence-electron chi connectivity index (χ3n) is 2.90. The second-order valence-electron chi connectivity index (χ2n) is 4.40. The first-order valence-corrected chi connectivity index (χ1v) is 7.00. The topological polar surface area (TPSA) is 17.1 Å². The van der Waals surface area contributed by atoms with Crippen LogP contribution in [0.1, 0.15) is 34.8 Å². The SMILES string of the molecule is CCCc1cccc(C(=O)c2cc(F)ccc2Br)c1. The highest BCUT2D eigenvalue weighted by Crippen LogP contribution is 2.22. The molecule has 2 aromatic rings. The van der Waals surface area contributed by atoms with Gasteiger partial charge in [-0.3, -0.25) is 4.79 Å². The largest absolute Gasteiger partial charge is 0.289 e. The summed E-state index contributed by atoms with van der Waals surface area (Å²) in [6.45, 7) is 2.09. The first kappa shape index (κ1) is 13.9. The van der Waals surface area contributed by atoms with Crippen molar-refractivity contribution in [1.29, 1.82) is 0 Å². The Morgan fingerprint density at radius 3 is 2.74 bits per heavy atom. The van der Waals surface area contributed by atoms with Crippen LogP contribution in [0.25, 0.3) is 0 Å². The van der Waals surface area contributed by atoms with Gasteiger partial charge >= 0.3 is 0 Å². The monoisotopic (exact) mass is 320 g/mol. The summed E-state index contributed by atoms with van der Waals surface area (Å²) in [4.78, 5) is 12.4. The molecule has 0 N–H and O–H groups in total. The summed E-state index contributed by atoms with van der Waals surface area (Å²) in [5.41, 5.74) is 2.08. The third-order valence-corrected chi connectivity index (χ3v) is 3.59. The van der Waals surface area contributed by atoms with E-state index in [2.05, 4.69) is 22.9 Å². The lowest BCUT2D eigenvalue weighted by atomic mass is 10.00. The van der Waals surface area contributed by atoms with Crippen molar-refractivity contribution in [3.05, 3.63) is 69.4 Å². The molecule has 1 nitrogen and oxygen atoms in total. The fourth-order valence-electron chi connectivity index (χ4n) is 1.98. The molecule has 0 aromatic heterocycles. The lowest BCUT2D eigenvalue weighted by molar-refractivity contribution is 0.103. The number of hydrogen-bond acceptors (Lipinski definition) is 1. The van der Waals surface area contributed by atoms with Crippen LogP contribution in [-0.2, 0) is 6.42 Å². The van der Waals surface area contributed by atoms with E-state index in [-0.39, 0.29) is 5.78 Å². The fourth-order valence-corrected chi connectivity index (χ4v) is 2.41. The molecule has 0 spiro atoms. The molecule has 0 radical (unpaired) electrons. The molecule has 0 aliphatic carbocycles. The minimum Gasteiger partial charge on any atom is -0.289 e. The summed E-state index contributed by atoms with van der Waals surface area (Å²) in [6.07, 6.45) is 1.97. The van der Waals surface area contributed by atoms with E-state index in [1.165, 1.54) is 12.1 Å². The first-order chi connectivity index (χ1) is 9.11. The van der Waals surface area contributed by atoms with Gasteiger partial charge in [0.15, 0.2) is 5.78 Å². The first-order valence-electron chi connectivity index (χ1n) is 6.20. The smallest absolute Gasteiger partial charge is 0.194 e. The highest BCUT2D eigenvalue weighted by Gasteiger charge is 2.13. The molecule has 0 aliphatic rings. The van der Waals surface area contributed by atoms with Crippen LogP contribution in [0.2, 0.25) is 0 Å². The van der Waals surface area contributed by atoms with Gasteiger partial charge in [-0.15, -0.1) is 0 Å². The molecule has 0 amide bonds. The minimum absolute atomic E-state index is 0.163. The molecule has 0 saturated heterocycles. The quantitative estimate of drug-likeness (QED) is 0.741. The Kier molecular flexibility index (Phi) is 4.48. The van der Waals surface area contributed by atoms with Crippen molar-refractivity contribution in [3.63, 3.8) is 0 Å². The van der Waals surface area contributed by atoms with E-state index in [9.17, 15) is 9.18 Å². The second-order valence-corrected chi connectivity index (χ2v) is 5.26. The molecule has 0 unspecified atom stereocenters. The van der Waals surface area contributed by atoms with Gasteiger partial charge in [0.05, 0.1) is 0 Å². The number of hydrogen-bond donors (Lipinski definition) is 0. The summed E-state index contributed by atoms with van der Waals surface area (Å²) in [7, 11) is 0. The summed E-state index contributed by atoms with van der Waals surface area (Å²) in [6, 6.07) is 11.7.